The molecule has 9 nitrogen and oxygen atoms in total. The van der Waals surface area contributed by atoms with Crippen LogP contribution in [0.25, 0.3) is 10.9 Å². The second-order valence-corrected chi connectivity index (χ2v) is 8.45. The molecule has 4 amide bonds. The zero-order chi connectivity index (χ0) is 21.3. The van der Waals surface area contributed by atoms with Crippen LogP contribution in [0.2, 0.25) is 0 Å². The van der Waals surface area contributed by atoms with Crippen molar-refractivity contribution in [2.45, 2.75) is 5.37 Å². The summed E-state index contributed by atoms with van der Waals surface area (Å²) in [7, 11) is 0. The number of benzene rings is 1. The number of primary amides is 1. The minimum Gasteiger partial charge on any atom is -0.351 e. The van der Waals surface area contributed by atoms with E-state index in [1.165, 1.54) is 27.4 Å². The van der Waals surface area contributed by atoms with Gasteiger partial charge in [-0.2, -0.15) is 0 Å². The molecule has 0 saturated carbocycles. The van der Waals surface area contributed by atoms with E-state index in [0.717, 1.165) is 0 Å². The molecule has 1 unspecified atom stereocenters. The van der Waals surface area contributed by atoms with Gasteiger partial charge in [0.25, 0.3) is 5.91 Å². The number of carbonyl (C=O) groups is 3. The summed E-state index contributed by atoms with van der Waals surface area (Å²) in [6, 6.07) is 11.2. The lowest BCUT2D eigenvalue weighted by atomic mass is 10.2. The molecule has 3 heterocycles. The monoisotopic (exact) mass is 488 g/mol. The quantitative estimate of drug-likeness (QED) is 0.488. The molecule has 3 aromatic rings. The highest BCUT2D eigenvalue weighted by Crippen LogP contribution is 2.29. The molecule has 4 N–H and O–H groups in total. The molecule has 0 radical (unpaired) electrons. The molecule has 2 aromatic heterocycles. The maximum atomic E-state index is 12.9. The highest BCUT2D eigenvalue weighted by molar-refractivity contribution is 9.10. The minimum atomic E-state index is -0.699. The number of para-hydroxylation sites is 1. The van der Waals surface area contributed by atoms with Crippen LogP contribution in [0.15, 0.2) is 53.3 Å². The SMILES string of the molecule is NC(=O)n1cc(NC(=O)N2CCSC2C(=O)Nc2cccc(Br)n2)c2ccccc21. The first-order chi connectivity index (χ1) is 14.4. The Morgan fingerprint density at radius 1 is 1.13 bits per heavy atom. The van der Waals surface area contributed by atoms with E-state index in [4.69, 9.17) is 5.73 Å². The summed E-state index contributed by atoms with van der Waals surface area (Å²) in [6.45, 7) is 0.412. The first-order valence-electron chi connectivity index (χ1n) is 8.96. The first kappa shape index (κ1) is 20.2. The molecule has 1 fully saturated rings. The van der Waals surface area contributed by atoms with Crippen LogP contribution in [0.3, 0.4) is 0 Å². The third kappa shape index (κ3) is 3.98. The zero-order valence-corrected chi connectivity index (χ0v) is 17.9. The molecule has 0 bridgehead atoms. The fourth-order valence-electron chi connectivity index (χ4n) is 3.21. The number of halogens is 1. The number of pyridine rings is 1. The van der Waals surface area contributed by atoms with E-state index in [9.17, 15) is 14.4 Å². The van der Waals surface area contributed by atoms with Crippen molar-refractivity contribution in [1.82, 2.24) is 14.5 Å². The van der Waals surface area contributed by atoms with Crippen LogP contribution >= 0.6 is 27.7 Å². The Hall–Kier alpha value is -3.05. The Morgan fingerprint density at radius 2 is 1.93 bits per heavy atom. The number of nitrogens with two attached hydrogens (primary N) is 1. The van der Waals surface area contributed by atoms with Crippen molar-refractivity contribution in [2.24, 2.45) is 5.73 Å². The van der Waals surface area contributed by atoms with E-state index in [0.29, 0.717) is 39.3 Å². The Morgan fingerprint density at radius 3 is 2.70 bits per heavy atom. The normalized spacial score (nSPS) is 15.9. The Bertz CT molecular complexity index is 1150. The average molecular weight is 489 g/mol. The number of nitrogens with one attached hydrogen (secondary N) is 2. The van der Waals surface area contributed by atoms with Gasteiger partial charge in [-0.3, -0.25) is 9.36 Å². The Labute approximate surface area is 184 Å². The van der Waals surface area contributed by atoms with E-state index < -0.39 is 17.4 Å². The zero-order valence-electron chi connectivity index (χ0n) is 15.5. The molecule has 4 rings (SSSR count). The molecule has 1 aliphatic rings. The van der Waals surface area contributed by atoms with E-state index in [1.54, 1.807) is 42.5 Å². The number of anilines is 2. The van der Waals surface area contributed by atoms with Crippen molar-refractivity contribution in [3.05, 3.63) is 53.3 Å². The van der Waals surface area contributed by atoms with Crippen LogP contribution in [0.5, 0.6) is 0 Å². The molecular weight excluding hydrogens is 472 g/mol. The van der Waals surface area contributed by atoms with Crippen molar-refractivity contribution in [3.8, 4) is 0 Å². The second-order valence-electron chi connectivity index (χ2n) is 6.45. The average Bonchev–Trinajstić information content (AvgIpc) is 3.34. The number of aromatic nitrogens is 2. The van der Waals surface area contributed by atoms with E-state index >= 15 is 0 Å². The number of amides is 4. The van der Waals surface area contributed by atoms with Crippen LogP contribution in [0.4, 0.5) is 21.1 Å². The van der Waals surface area contributed by atoms with Gasteiger partial charge in [0, 0.05) is 23.9 Å². The molecule has 1 atom stereocenters. The van der Waals surface area contributed by atoms with E-state index in [-0.39, 0.29) is 5.91 Å². The summed E-state index contributed by atoms with van der Waals surface area (Å²) in [6.07, 6.45) is 1.48. The largest absolute Gasteiger partial charge is 0.351 e. The van der Waals surface area contributed by atoms with Crippen molar-refractivity contribution >= 4 is 68.1 Å². The summed E-state index contributed by atoms with van der Waals surface area (Å²) in [5.41, 5.74) is 6.46. The molecule has 1 aromatic carbocycles. The van der Waals surface area contributed by atoms with Gasteiger partial charge in [-0.05, 0) is 34.1 Å². The maximum Gasteiger partial charge on any atom is 0.323 e. The number of hydrogen-bond donors (Lipinski definition) is 3. The number of fused-ring (bicyclic) bond motifs is 1. The molecule has 30 heavy (non-hydrogen) atoms. The van der Waals surface area contributed by atoms with Crippen LogP contribution in [-0.4, -0.2) is 50.1 Å². The third-order valence-electron chi connectivity index (χ3n) is 4.53. The molecule has 11 heteroatoms. The Kier molecular flexibility index (Phi) is 5.64. The van der Waals surface area contributed by atoms with Crippen molar-refractivity contribution in [1.29, 1.82) is 0 Å². The summed E-state index contributed by atoms with van der Waals surface area (Å²) in [4.78, 5) is 43.0. The molecule has 1 aliphatic heterocycles. The fourth-order valence-corrected chi connectivity index (χ4v) is 4.67. The summed E-state index contributed by atoms with van der Waals surface area (Å²) in [5, 5.41) is 5.51. The fraction of sp³-hybridized carbons (Fsp3) is 0.158. The molecule has 154 valence electrons. The highest BCUT2D eigenvalue weighted by Gasteiger charge is 2.35. The number of carbonyl (C=O) groups excluding carboxylic acids is 3. The number of hydrogen-bond acceptors (Lipinski definition) is 5. The van der Waals surface area contributed by atoms with Gasteiger partial charge in [0.2, 0.25) is 0 Å². The predicted molar refractivity (Wildman–Crippen MR) is 119 cm³/mol. The summed E-state index contributed by atoms with van der Waals surface area (Å²) < 4.78 is 1.87. The van der Waals surface area contributed by atoms with Crippen molar-refractivity contribution in [2.75, 3.05) is 22.9 Å². The van der Waals surface area contributed by atoms with Gasteiger partial charge in [-0.1, -0.05) is 24.3 Å². The minimum absolute atomic E-state index is 0.335. The molecule has 0 spiro atoms. The number of thioether (sulfide) groups is 1. The topological polar surface area (TPSA) is 122 Å². The Balaban J connectivity index is 1.52. The predicted octanol–water partition coefficient (Wildman–Crippen LogP) is 3.27. The summed E-state index contributed by atoms with van der Waals surface area (Å²) >= 11 is 4.63. The number of nitrogens with zero attached hydrogens (tertiary/aromatic N) is 3. The van der Waals surface area contributed by atoms with Gasteiger partial charge in [0.1, 0.15) is 10.4 Å². The second kappa shape index (κ2) is 8.36. The summed E-state index contributed by atoms with van der Waals surface area (Å²) in [5.74, 6) is 0.685. The van der Waals surface area contributed by atoms with Crippen molar-refractivity contribution in [3.63, 3.8) is 0 Å². The van der Waals surface area contributed by atoms with Crippen LogP contribution in [0, 0.1) is 0 Å². The molecular formula is C19H17BrN6O3S. The van der Waals surface area contributed by atoms with E-state index in [2.05, 4.69) is 31.5 Å². The van der Waals surface area contributed by atoms with Gasteiger partial charge < -0.3 is 21.3 Å². The maximum absolute atomic E-state index is 12.9. The van der Waals surface area contributed by atoms with Gasteiger partial charge >= 0.3 is 12.1 Å². The lowest BCUT2D eigenvalue weighted by Gasteiger charge is -2.23. The first-order valence-corrected chi connectivity index (χ1v) is 10.8. The smallest absolute Gasteiger partial charge is 0.323 e. The van der Waals surface area contributed by atoms with Gasteiger partial charge in [-0.15, -0.1) is 11.8 Å². The van der Waals surface area contributed by atoms with E-state index in [1.807, 2.05) is 0 Å². The van der Waals surface area contributed by atoms with Crippen molar-refractivity contribution < 1.29 is 14.4 Å². The molecule has 0 aliphatic carbocycles. The van der Waals surface area contributed by atoms with Crippen LogP contribution in [-0.2, 0) is 4.79 Å². The standard InChI is InChI=1S/C19H17BrN6O3S/c20-14-6-3-7-15(23-14)24-16(27)17-25(8-9-30-17)19(29)22-12-10-26(18(21)28)13-5-2-1-4-11(12)13/h1-7,10,17H,8-9H2,(H2,21,28)(H,22,29)(H,23,24,27). The van der Waals surface area contributed by atoms with Gasteiger partial charge in [0.15, 0.2) is 5.37 Å². The third-order valence-corrected chi connectivity index (χ3v) is 6.18. The lowest BCUT2D eigenvalue weighted by molar-refractivity contribution is -0.117. The van der Waals surface area contributed by atoms with Crippen LogP contribution in [0.1, 0.15) is 0 Å². The van der Waals surface area contributed by atoms with Crippen LogP contribution < -0.4 is 16.4 Å². The van der Waals surface area contributed by atoms with Gasteiger partial charge in [0.05, 0.1) is 11.2 Å². The highest BCUT2D eigenvalue weighted by atomic mass is 79.9. The number of urea groups is 1. The molecule has 1 saturated heterocycles. The van der Waals surface area contributed by atoms with Gasteiger partial charge in [-0.25, -0.2) is 14.6 Å². The lowest BCUT2D eigenvalue weighted by Crippen LogP contribution is -2.44. The number of rotatable bonds is 3.